The van der Waals surface area contributed by atoms with Gasteiger partial charge < -0.3 is 14.1 Å². The van der Waals surface area contributed by atoms with E-state index >= 15 is 0 Å². The van der Waals surface area contributed by atoms with E-state index in [0.717, 1.165) is 63.9 Å². The molecule has 2 heterocycles. The maximum absolute atomic E-state index is 13.0. The lowest BCUT2D eigenvalue weighted by molar-refractivity contribution is -0.129. The molecular weight excluding hydrogens is 410 g/mol. The third-order valence-electron chi connectivity index (χ3n) is 6.25. The molecule has 4 rings (SSSR count). The van der Waals surface area contributed by atoms with Crippen molar-refractivity contribution in [2.24, 2.45) is 0 Å². The average Bonchev–Trinajstić information content (AvgIpc) is 3.18. The molecule has 1 aliphatic heterocycles. The second-order valence-corrected chi connectivity index (χ2v) is 8.76. The maximum atomic E-state index is 13.0. The van der Waals surface area contributed by atoms with Gasteiger partial charge in [0.05, 0.1) is 13.4 Å². The molecule has 1 aromatic heterocycles. The highest BCUT2D eigenvalue weighted by molar-refractivity contribution is 6.30. The summed E-state index contributed by atoms with van der Waals surface area (Å²) in [5.41, 5.74) is 5.51. The van der Waals surface area contributed by atoms with Crippen LogP contribution in [-0.4, -0.2) is 30.5 Å². The van der Waals surface area contributed by atoms with Gasteiger partial charge in [-0.15, -0.1) is 0 Å². The molecule has 0 aliphatic carbocycles. The first-order valence-corrected chi connectivity index (χ1v) is 11.1. The summed E-state index contributed by atoms with van der Waals surface area (Å²) in [5, 5.41) is 1.68. The molecule has 0 radical (unpaired) electrons. The summed E-state index contributed by atoms with van der Waals surface area (Å²) < 4.78 is 11.7. The normalized spacial score (nSPS) is 17.3. The molecule has 1 aliphatic rings. The van der Waals surface area contributed by atoms with Crippen LogP contribution in [0.3, 0.4) is 0 Å². The minimum atomic E-state index is 0.0645. The number of hydrogen-bond donors (Lipinski definition) is 0. The van der Waals surface area contributed by atoms with Gasteiger partial charge in [0.25, 0.3) is 0 Å². The number of piperidine rings is 1. The number of likely N-dealkylation sites (tertiary alicyclic amines) is 1. The maximum Gasteiger partial charge on any atom is 0.247 e. The second kappa shape index (κ2) is 8.80. The second-order valence-electron chi connectivity index (χ2n) is 8.32. The van der Waals surface area contributed by atoms with E-state index in [1.165, 1.54) is 6.42 Å². The SMILES string of the molecule is COc1c(/C(C)=C/C(=O)N2CCCCC2C)cc2c(-c3ccc(Cl)cc3)coc2c1C. The summed E-state index contributed by atoms with van der Waals surface area (Å²) in [6, 6.07) is 10.0. The number of ether oxygens (including phenoxy) is 1. The minimum absolute atomic E-state index is 0.0645. The van der Waals surface area contributed by atoms with Crippen molar-refractivity contribution in [3.63, 3.8) is 0 Å². The Morgan fingerprint density at radius 3 is 2.68 bits per heavy atom. The number of carbonyl (C=O) groups excluding carboxylic acids is 1. The zero-order valence-electron chi connectivity index (χ0n) is 18.5. The predicted octanol–water partition coefficient (Wildman–Crippen LogP) is 6.87. The summed E-state index contributed by atoms with van der Waals surface area (Å²) in [7, 11) is 1.66. The Hall–Kier alpha value is -2.72. The van der Waals surface area contributed by atoms with E-state index in [-0.39, 0.29) is 11.9 Å². The largest absolute Gasteiger partial charge is 0.496 e. The Kier molecular flexibility index (Phi) is 6.10. The van der Waals surface area contributed by atoms with Crippen LogP contribution in [-0.2, 0) is 4.79 Å². The van der Waals surface area contributed by atoms with Gasteiger partial charge in [-0.3, -0.25) is 4.79 Å². The van der Waals surface area contributed by atoms with Crippen LogP contribution in [0, 0.1) is 6.92 Å². The topological polar surface area (TPSA) is 42.7 Å². The number of halogens is 1. The lowest BCUT2D eigenvalue weighted by atomic mass is 9.96. The monoisotopic (exact) mass is 437 g/mol. The van der Waals surface area contributed by atoms with Gasteiger partial charge in [0.1, 0.15) is 11.3 Å². The van der Waals surface area contributed by atoms with E-state index in [4.69, 9.17) is 20.8 Å². The van der Waals surface area contributed by atoms with Crippen LogP contribution < -0.4 is 4.74 Å². The molecule has 0 saturated carbocycles. The van der Waals surface area contributed by atoms with E-state index in [1.54, 1.807) is 19.4 Å². The van der Waals surface area contributed by atoms with E-state index in [9.17, 15) is 4.79 Å². The first-order valence-electron chi connectivity index (χ1n) is 10.7. The Balaban J connectivity index is 1.80. The van der Waals surface area contributed by atoms with Crippen molar-refractivity contribution in [1.29, 1.82) is 0 Å². The fourth-order valence-electron chi connectivity index (χ4n) is 4.50. The zero-order valence-corrected chi connectivity index (χ0v) is 19.3. The molecule has 1 amide bonds. The molecule has 1 fully saturated rings. The highest BCUT2D eigenvalue weighted by Crippen LogP contribution is 2.40. The van der Waals surface area contributed by atoms with Crippen LogP contribution in [0.2, 0.25) is 5.02 Å². The average molecular weight is 438 g/mol. The van der Waals surface area contributed by atoms with Crippen molar-refractivity contribution < 1.29 is 13.9 Å². The number of carbonyl (C=O) groups is 1. The predicted molar refractivity (Wildman–Crippen MR) is 127 cm³/mol. The molecular formula is C26H28ClNO3. The van der Waals surface area contributed by atoms with Gasteiger partial charge in [-0.05, 0) is 69.4 Å². The van der Waals surface area contributed by atoms with Gasteiger partial charge in [0, 0.05) is 45.8 Å². The smallest absolute Gasteiger partial charge is 0.247 e. The molecule has 2 aromatic carbocycles. The number of fused-ring (bicyclic) bond motifs is 1. The fourth-order valence-corrected chi connectivity index (χ4v) is 4.62. The molecule has 31 heavy (non-hydrogen) atoms. The molecule has 1 atom stereocenters. The first-order chi connectivity index (χ1) is 14.9. The Bertz CT molecular complexity index is 1140. The van der Waals surface area contributed by atoms with Gasteiger partial charge >= 0.3 is 0 Å². The molecule has 4 nitrogen and oxygen atoms in total. The van der Waals surface area contributed by atoms with Gasteiger partial charge in [-0.25, -0.2) is 0 Å². The van der Waals surface area contributed by atoms with Crippen LogP contribution in [0.15, 0.2) is 47.1 Å². The lowest BCUT2D eigenvalue weighted by Gasteiger charge is -2.32. The number of aryl methyl sites for hydroxylation is 1. The zero-order chi connectivity index (χ0) is 22.1. The van der Waals surface area contributed by atoms with Crippen LogP contribution in [0.4, 0.5) is 0 Å². The molecule has 0 N–H and O–H groups in total. The Labute approximate surface area is 188 Å². The van der Waals surface area contributed by atoms with Gasteiger partial charge in [-0.1, -0.05) is 23.7 Å². The molecule has 3 aromatic rings. The number of furan rings is 1. The van der Waals surface area contributed by atoms with E-state index < -0.39 is 0 Å². The number of amides is 1. The number of benzene rings is 2. The van der Waals surface area contributed by atoms with E-state index in [2.05, 4.69) is 13.0 Å². The summed E-state index contributed by atoms with van der Waals surface area (Å²) in [4.78, 5) is 15.0. The Morgan fingerprint density at radius 2 is 2.00 bits per heavy atom. The Morgan fingerprint density at radius 1 is 1.26 bits per heavy atom. The van der Waals surface area contributed by atoms with E-state index in [0.29, 0.717) is 5.02 Å². The molecule has 1 saturated heterocycles. The molecule has 0 spiro atoms. The quantitative estimate of drug-likeness (QED) is 0.418. The summed E-state index contributed by atoms with van der Waals surface area (Å²) in [6.07, 6.45) is 6.82. The number of allylic oxidation sites excluding steroid dienone is 1. The number of methoxy groups -OCH3 is 1. The van der Waals surface area contributed by atoms with Crippen LogP contribution in [0.1, 0.15) is 44.2 Å². The molecule has 0 bridgehead atoms. The summed E-state index contributed by atoms with van der Waals surface area (Å²) in [5.74, 6) is 0.798. The minimum Gasteiger partial charge on any atom is -0.496 e. The van der Waals surface area contributed by atoms with Gasteiger partial charge in [0.2, 0.25) is 5.91 Å². The molecule has 162 valence electrons. The van der Waals surface area contributed by atoms with Crippen molar-refractivity contribution >= 4 is 34.1 Å². The number of hydrogen-bond acceptors (Lipinski definition) is 3. The number of rotatable bonds is 4. The van der Waals surface area contributed by atoms with Crippen molar-refractivity contribution in [3.8, 4) is 16.9 Å². The lowest BCUT2D eigenvalue weighted by Crippen LogP contribution is -2.41. The van der Waals surface area contributed by atoms with Crippen LogP contribution in [0.5, 0.6) is 5.75 Å². The van der Waals surface area contributed by atoms with Gasteiger partial charge in [-0.2, -0.15) is 0 Å². The summed E-state index contributed by atoms with van der Waals surface area (Å²) in [6.45, 7) is 6.90. The van der Waals surface area contributed by atoms with E-state index in [1.807, 2.05) is 43.0 Å². The van der Waals surface area contributed by atoms with Crippen molar-refractivity contribution in [1.82, 2.24) is 4.90 Å². The summed E-state index contributed by atoms with van der Waals surface area (Å²) >= 11 is 6.06. The highest BCUT2D eigenvalue weighted by Gasteiger charge is 2.23. The first kappa shape index (κ1) is 21.5. The van der Waals surface area contributed by atoms with Crippen molar-refractivity contribution in [3.05, 3.63) is 58.8 Å². The fraction of sp³-hybridized carbons (Fsp3) is 0.346. The third-order valence-corrected chi connectivity index (χ3v) is 6.51. The molecule has 5 heteroatoms. The van der Waals surface area contributed by atoms with Crippen LogP contribution in [0.25, 0.3) is 27.7 Å². The van der Waals surface area contributed by atoms with Crippen LogP contribution >= 0.6 is 11.6 Å². The van der Waals surface area contributed by atoms with Crippen molar-refractivity contribution in [2.45, 2.75) is 46.1 Å². The number of nitrogens with zero attached hydrogens (tertiary/aromatic N) is 1. The van der Waals surface area contributed by atoms with Crippen molar-refractivity contribution in [2.75, 3.05) is 13.7 Å². The van der Waals surface area contributed by atoms with Gasteiger partial charge in [0.15, 0.2) is 0 Å². The molecule has 1 unspecified atom stereocenters. The standard InChI is InChI=1S/C26H28ClNO3/c1-16(13-24(29)28-12-6-5-7-17(28)2)21-14-22-23(19-8-10-20(27)11-9-19)15-31-26(22)18(3)25(21)30-4/h8-11,13-15,17H,5-7,12H2,1-4H3/b16-13+. The third kappa shape index (κ3) is 4.09. The highest BCUT2D eigenvalue weighted by atomic mass is 35.5.